The molecule has 0 fully saturated rings. The smallest absolute Gasteiger partial charge is 0.273 e. The monoisotopic (exact) mass is 344 g/mol. The Morgan fingerprint density at radius 2 is 1.59 bits per heavy atom. The largest absolute Gasteiger partial charge is 0.466 e. The molecule has 0 bridgehead atoms. The molecule has 0 atom stereocenters. The molecular formula is C14H11Cl2FN2O3. The van der Waals surface area contributed by atoms with Crippen LogP contribution >= 0.6 is 23.2 Å². The summed E-state index contributed by atoms with van der Waals surface area (Å²) < 4.78 is 18.6. The van der Waals surface area contributed by atoms with Crippen molar-refractivity contribution in [3.05, 3.63) is 56.7 Å². The Morgan fingerprint density at radius 1 is 1.00 bits per heavy atom. The van der Waals surface area contributed by atoms with Crippen LogP contribution in [0.25, 0.3) is 0 Å². The number of aryl methyl sites for hydroxylation is 2. The van der Waals surface area contributed by atoms with Gasteiger partial charge in [-0.2, -0.15) is 0 Å². The van der Waals surface area contributed by atoms with Crippen molar-refractivity contribution in [2.45, 2.75) is 13.8 Å². The van der Waals surface area contributed by atoms with Gasteiger partial charge in [0, 0.05) is 0 Å². The van der Waals surface area contributed by atoms with Crippen LogP contribution in [0.1, 0.15) is 32.2 Å². The van der Waals surface area contributed by atoms with Crippen molar-refractivity contribution in [3.8, 4) is 0 Å². The van der Waals surface area contributed by atoms with Gasteiger partial charge in [0.1, 0.15) is 17.3 Å². The molecule has 2 rings (SSSR count). The van der Waals surface area contributed by atoms with Crippen molar-refractivity contribution >= 4 is 35.0 Å². The zero-order valence-corrected chi connectivity index (χ0v) is 13.1. The van der Waals surface area contributed by atoms with E-state index in [9.17, 15) is 14.0 Å². The second-order valence-electron chi connectivity index (χ2n) is 4.48. The second-order valence-corrected chi connectivity index (χ2v) is 5.30. The van der Waals surface area contributed by atoms with Crippen molar-refractivity contribution in [1.82, 2.24) is 10.9 Å². The Balaban J connectivity index is 2.09. The molecule has 1 aromatic carbocycles. The highest BCUT2D eigenvalue weighted by Gasteiger charge is 2.17. The van der Waals surface area contributed by atoms with Gasteiger partial charge in [0.15, 0.2) is 0 Å². The normalized spacial score (nSPS) is 10.4. The standard InChI is InChI=1S/C14H11Cl2FN2O3/c1-6-3-8(7(2)22-6)13(20)18-19-14(21)9-4-12(17)11(16)5-10(9)15/h3-5H,1-2H3,(H,18,20)(H,19,21). The highest BCUT2D eigenvalue weighted by molar-refractivity contribution is 6.36. The average molecular weight is 345 g/mol. The first kappa shape index (κ1) is 16.3. The number of carbonyl (C=O) groups is 2. The molecule has 8 heteroatoms. The number of furan rings is 1. The summed E-state index contributed by atoms with van der Waals surface area (Å²) in [5.41, 5.74) is 4.48. The molecule has 0 unspecified atom stereocenters. The molecule has 1 heterocycles. The maximum absolute atomic E-state index is 13.4. The third-order valence-electron chi connectivity index (χ3n) is 2.83. The third-order valence-corrected chi connectivity index (χ3v) is 3.43. The van der Waals surface area contributed by atoms with E-state index in [0.29, 0.717) is 11.5 Å². The fourth-order valence-corrected chi connectivity index (χ4v) is 2.27. The predicted molar refractivity (Wildman–Crippen MR) is 79.5 cm³/mol. The number of carbonyl (C=O) groups excluding carboxylic acids is 2. The quantitative estimate of drug-likeness (QED) is 0.647. The lowest BCUT2D eigenvalue weighted by Crippen LogP contribution is -2.41. The number of halogens is 3. The molecule has 116 valence electrons. The van der Waals surface area contributed by atoms with Crippen molar-refractivity contribution in [2.75, 3.05) is 0 Å². The Kier molecular flexibility index (Phi) is 4.73. The molecule has 2 amide bonds. The Labute approximate surface area is 135 Å². The summed E-state index contributed by atoms with van der Waals surface area (Å²) >= 11 is 11.4. The van der Waals surface area contributed by atoms with Gasteiger partial charge in [-0.25, -0.2) is 4.39 Å². The van der Waals surface area contributed by atoms with E-state index >= 15 is 0 Å². The third kappa shape index (κ3) is 3.40. The van der Waals surface area contributed by atoms with Gasteiger partial charge in [0.25, 0.3) is 11.8 Å². The van der Waals surface area contributed by atoms with E-state index in [2.05, 4.69) is 10.9 Å². The highest BCUT2D eigenvalue weighted by atomic mass is 35.5. The minimum atomic E-state index is -0.788. The second kappa shape index (κ2) is 6.37. The molecule has 22 heavy (non-hydrogen) atoms. The zero-order valence-electron chi connectivity index (χ0n) is 11.6. The summed E-state index contributed by atoms with van der Waals surface area (Å²) in [6, 6.07) is 3.53. The Morgan fingerprint density at radius 3 is 2.14 bits per heavy atom. The summed E-state index contributed by atoms with van der Waals surface area (Å²) in [6.07, 6.45) is 0. The van der Waals surface area contributed by atoms with Crippen LogP contribution in [0.2, 0.25) is 10.0 Å². The SMILES string of the molecule is Cc1cc(C(=O)NNC(=O)c2cc(F)c(Cl)cc2Cl)c(C)o1. The Hall–Kier alpha value is -2.05. The van der Waals surface area contributed by atoms with E-state index in [0.717, 1.165) is 12.1 Å². The number of nitrogens with one attached hydrogen (secondary N) is 2. The summed E-state index contributed by atoms with van der Waals surface area (Å²) in [5.74, 6) is -1.14. The van der Waals surface area contributed by atoms with Gasteiger partial charge in [0.05, 0.1) is 21.2 Å². The minimum absolute atomic E-state index is 0.0338. The lowest BCUT2D eigenvalue weighted by molar-refractivity contribution is 0.0845. The van der Waals surface area contributed by atoms with E-state index in [-0.39, 0.29) is 21.2 Å². The number of hydrazine groups is 1. The van der Waals surface area contributed by atoms with Crippen molar-refractivity contribution < 1.29 is 18.4 Å². The molecule has 0 saturated carbocycles. The number of rotatable bonds is 2. The van der Waals surface area contributed by atoms with Crippen molar-refractivity contribution in [2.24, 2.45) is 0 Å². The van der Waals surface area contributed by atoms with Crippen LogP contribution in [0, 0.1) is 19.7 Å². The van der Waals surface area contributed by atoms with E-state index < -0.39 is 17.6 Å². The first-order valence-electron chi connectivity index (χ1n) is 6.12. The van der Waals surface area contributed by atoms with Crippen LogP contribution in [0.15, 0.2) is 22.6 Å². The van der Waals surface area contributed by atoms with Crippen LogP contribution < -0.4 is 10.9 Å². The molecule has 0 aliphatic carbocycles. The number of amides is 2. The van der Waals surface area contributed by atoms with Crippen LogP contribution in [0.5, 0.6) is 0 Å². The molecule has 0 saturated heterocycles. The first-order valence-corrected chi connectivity index (χ1v) is 6.87. The van der Waals surface area contributed by atoms with Gasteiger partial charge in [-0.3, -0.25) is 20.4 Å². The van der Waals surface area contributed by atoms with E-state index in [4.69, 9.17) is 27.6 Å². The lowest BCUT2D eigenvalue weighted by atomic mass is 10.2. The van der Waals surface area contributed by atoms with Crippen LogP contribution in [0.3, 0.4) is 0 Å². The Bertz CT molecular complexity index is 759. The lowest BCUT2D eigenvalue weighted by Gasteiger charge is -2.08. The van der Waals surface area contributed by atoms with Gasteiger partial charge in [0.2, 0.25) is 0 Å². The summed E-state index contributed by atoms with van der Waals surface area (Å²) in [5, 5.41) is -0.233. The number of hydrogen-bond acceptors (Lipinski definition) is 3. The number of benzene rings is 1. The van der Waals surface area contributed by atoms with Crippen LogP contribution in [0.4, 0.5) is 4.39 Å². The predicted octanol–water partition coefficient (Wildman–Crippen LogP) is 3.42. The average Bonchev–Trinajstić information content (AvgIpc) is 2.78. The van der Waals surface area contributed by atoms with Gasteiger partial charge >= 0.3 is 0 Å². The molecule has 2 N–H and O–H groups in total. The fourth-order valence-electron chi connectivity index (χ4n) is 1.80. The molecule has 0 spiro atoms. The molecular weight excluding hydrogens is 334 g/mol. The molecule has 1 aromatic heterocycles. The van der Waals surface area contributed by atoms with Crippen molar-refractivity contribution in [1.29, 1.82) is 0 Å². The van der Waals surface area contributed by atoms with Gasteiger partial charge in [-0.05, 0) is 32.0 Å². The number of hydrogen-bond donors (Lipinski definition) is 2. The summed E-state index contributed by atoms with van der Waals surface area (Å²) in [6.45, 7) is 3.31. The topological polar surface area (TPSA) is 71.3 Å². The van der Waals surface area contributed by atoms with Crippen LogP contribution in [-0.4, -0.2) is 11.8 Å². The van der Waals surface area contributed by atoms with E-state index in [1.54, 1.807) is 13.8 Å². The molecule has 0 aliphatic rings. The maximum atomic E-state index is 13.4. The zero-order chi connectivity index (χ0) is 16.4. The highest BCUT2D eigenvalue weighted by Crippen LogP contribution is 2.24. The molecule has 5 nitrogen and oxygen atoms in total. The van der Waals surface area contributed by atoms with Gasteiger partial charge in [-0.15, -0.1) is 0 Å². The maximum Gasteiger partial charge on any atom is 0.273 e. The first-order chi connectivity index (χ1) is 10.3. The van der Waals surface area contributed by atoms with Crippen molar-refractivity contribution in [3.63, 3.8) is 0 Å². The molecule has 0 radical (unpaired) electrons. The summed E-state index contributed by atoms with van der Waals surface area (Å²) in [7, 11) is 0. The summed E-state index contributed by atoms with van der Waals surface area (Å²) in [4.78, 5) is 23.8. The fraction of sp³-hybridized carbons (Fsp3) is 0.143. The molecule has 0 aliphatic heterocycles. The van der Waals surface area contributed by atoms with Gasteiger partial charge < -0.3 is 4.42 Å². The van der Waals surface area contributed by atoms with Gasteiger partial charge in [-0.1, -0.05) is 23.2 Å². The van der Waals surface area contributed by atoms with E-state index in [1.807, 2.05) is 0 Å². The molecule has 2 aromatic rings. The van der Waals surface area contributed by atoms with E-state index in [1.165, 1.54) is 6.07 Å². The van der Waals surface area contributed by atoms with Crippen LogP contribution in [-0.2, 0) is 0 Å². The minimum Gasteiger partial charge on any atom is -0.466 e.